The minimum atomic E-state index is -1.21. The lowest BCUT2D eigenvalue weighted by Crippen LogP contribution is -2.35. The smallest absolute Gasteiger partial charge is 0.161 e. The molecule has 1 aliphatic rings. The van der Waals surface area contributed by atoms with Gasteiger partial charge in [0, 0.05) is 11.4 Å². The minimum Gasteiger partial charge on any atom is -0.493 e. The molecule has 0 amide bonds. The first kappa shape index (κ1) is 17.9. The zero-order valence-corrected chi connectivity index (χ0v) is 15.5. The van der Waals surface area contributed by atoms with Crippen LogP contribution in [-0.2, 0) is 17.2 Å². The molecule has 2 atom stereocenters. The molecular weight excluding hydrogens is 338 g/mol. The summed E-state index contributed by atoms with van der Waals surface area (Å²) in [6, 6.07) is 11.2. The Morgan fingerprint density at radius 1 is 1.16 bits per heavy atom. The second-order valence-electron chi connectivity index (χ2n) is 6.16. The molecular formula is C19H23NO4S. The second-order valence-corrected chi connectivity index (χ2v) is 7.66. The van der Waals surface area contributed by atoms with Crippen molar-refractivity contribution in [2.45, 2.75) is 24.3 Å². The third-order valence-corrected chi connectivity index (χ3v) is 5.98. The average molecular weight is 361 g/mol. The summed E-state index contributed by atoms with van der Waals surface area (Å²) in [5.41, 5.74) is 3.16. The summed E-state index contributed by atoms with van der Waals surface area (Å²) in [5.74, 6) is 1.61. The van der Waals surface area contributed by atoms with Gasteiger partial charge in [0.1, 0.15) is 0 Å². The van der Waals surface area contributed by atoms with Crippen LogP contribution >= 0.6 is 0 Å². The van der Waals surface area contributed by atoms with Crippen LogP contribution < -0.4 is 9.47 Å². The number of aryl methyl sites for hydroxylation is 1. The van der Waals surface area contributed by atoms with Crippen LogP contribution in [0.1, 0.15) is 22.7 Å². The summed E-state index contributed by atoms with van der Waals surface area (Å²) in [6.07, 6.45) is 0.708. The van der Waals surface area contributed by atoms with Crippen LogP contribution in [0.2, 0.25) is 0 Å². The van der Waals surface area contributed by atoms with E-state index < -0.39 is 10.8 Å². The summed E-state index contributed by atoms with van der Waals surface area (Å²) in [4.78, 5) is 0.770. The quantitative estimate of drug-likeness (QED) is 0.887. The molecule has 0 saturated heterocycles. The van der Waals surface area contributed by atoms with Gasteiger partial charge in [0.15, 0.2) is 11.5 Å². The fourth-order valence-electron chi connectivity index (χ4n) is 3.12. The van der Waals surface area contributed by atoms with Gasteiger partial charge in [0.05, 0.1) is 36.8 Å². The van der Waals surface area contributed by atoms with Gasteiger partial charge in [0.2, 0.25) is 0 Å². The normalized spacial score (nSPS) is 18.5. The molecule has 1 aliphatic heterocycles. The molecule has 134 valence electrons. The van der Waals surface area contributed by atoms with Gasteiger partial charge in [-0.1, -0.05) is 17.7 Å². The van der Waals surface area contributed by atoms with Crippen LogP contribution in [0.5, 0.6) is 11.5 Å². The van der Waals surface area contributed by atoms with Gasteiger partial charge in [-0.2, -0.15) is 5.06 Å². The number of hydroxylamine groups is 2. The van der Waals surface area contributed by atoms with Gasteiger partial charge in [0.25, 0.3) is 0 Å². The van der Waals surface area contributed by atoms with Crippen LogP contribution in [0.15, 0.2) is 41.3 Å². The van der Waals surface area contributed by atoms with Crippen molar-refractivity contribution in [3.8, 4) is 11.5 Å². The first-order valence-corrected chi connectivity index (χ1v) is 9.50. The molecule has 0 fully saturated rings. The highest BCUT2D eigenvalue weighted by atomic mass is 32.2. The molecule has 0 bridgehead atoms. The molecule has 0 aliphatic carbocycles. The average Bonchev–Trinajstić information content (AvgIpc) is 2.63. The lowest BCUT2D eigenvalue weighted by Gasteiger charge is -2.33. The molecule has 3 rings (SSSR count). The van der Waals surface area contributed by atoms with Crippen molar-refractivity contribution in [2.24, 2.45) is 0 Å². The highest BCUT2D eigenvalue weighted by Crippen LogP contribution is 2.38. The van der Waals surface area contributed by atoms with Crippen molar-refractivity contribution in [3.63, 3.8) is 0 Å². The van der Waals surface area contributed by atoms with Gasteiger partial charge in [-0.15, -0.1) is 0 Å². The fourth-order valence-corrected chi connectivity index (χ4v) is 4.39. The summed E-state index contributed by atoms with van der Waals surface area (Å²) in [7, 11) is 1.99. The van der Waals surface area contributed by atoms with Crippen LogP contribution in [0.3, 0.4) is 0 Å². The third-order valence-electron chi connectivity index (χ3n) is 4.57. The first-order valence-electron chi connectivity index (χ1n) is 8.19. The van der Waals surface area contributed by atoms with Crippen molar-refractivity contribution in [3.05, 3.63) is 53.1 Å². The number of nitrogens with zero attached hydrogens (tertiary/aromatic N) is 1. The van der Waals surface area contributed by atoms with Crippen LogP contribution in [0.25, 0.3) is 0 Å². The van der Waals surface area contributed by atoms with Gasteiger partial charge in [-0.05, 0) is 48.7 Å². The van der Waals surface area contributed by atoms with E-state index in [2.05, 4.69) is 0 Å². The van der Waals surface area contributed by atoms with Gasteiger partial charge in [-0.3, -0.25) is 4.21 Å². The van der Waals surface area contributed by atoms with E-state index in [4.69, 9.17) is 9.47 Å². The molecule has 0 radical (unpaired) electrons. The van der Waals surface area contributed by atoms with E-state index in [0.717, 1.165) is 21.6 Å². The summed E-state index contributed by atoms with van der Waals surface area (Å²) >= 11 is 0. The molecule has 0 spiro atoms. The molecule has 6 heteroatoms. The van der Waals surface area contributed by atoms with E-state index in [1.54, 1.807) is 14.2 Å². The van der Waals surface area contributed by atoms with E-state index in [0.29, 0.717) is 30.2 Å². The zero-order chi connectivity index (χ0) is 18.0. The Balaban J connectivity index is 1.91. The number of benzene rings is 2. The monoisotopic (exact) mass is 361 g/mol. The molecule has 0 unspecified atom stereocenters. The van der Waals surface area contributed by atoms with Crippen LogP contribution in [0.4, 0.5) is 0 Å². The van der Waals surface area contributed by atoms with Gasteiger partial charge in [-0.25, -0.2) is 0 Å². The van der Waals surface area contributed by atoms with E-state index >= 15 is 0 Å². The van der Waals surface area contributed by atoms with E-state index in [1.807, 2.05) is 43.3 Å². The molecule has 1 heterocycles. The largest absolute Gasteiger partial charge is 0.493 e. The lowest BCUT2D eigenvalue weighted by molar-refractivity contribution is -0.126. The number of rotatable bonds is 5. The highest BCUT2D eigenvalue weighted by molar-refractivity contribution is 7.85. The summed E-state index contributed by atoms with van der Waals surface area (Å²) in [6.45, 7) is 2.50. The Morgan fingerprint density at radius 2 is 1.80 bits per heavy atom. The standard InChI is InChI=1S/C19H23NO4S/c1-13-4-6-15(7-5-13)25(22)12-17-16-11-19(24-3)18(23-2)10-14(16)8-9-20(17)21/h4-7,10-11,17,21H,8-9,12H2,1-3H3/t17-,25-/m1/s1. The molecule has 25 heavy (non-hydrogen) atoms. The molecule has 0 saturated carbocycles. The van der Waals surface area contributed by atoms with E-state index in [9.17, 15) is 9.42 Å². The summed E-state index contributed by atoms with van der Waals surface area (Å²) in [5, 5.41) is 11.7. The minimum absolute atomic E-state index is 0.321. The lowest BCUT2D eigenvalue weighted by atomic mass is 9.94. The zero-order valence-electron chi connectivity index (χ0n) is 14.7. The van der Waals surface area contributed by atoms with E-state index in [1.165, 1.54) is 5.06 Å². The fraction of sp³-hybridized carbons (Fsp3) is 0.368. The van der Waals surface area contributed by atoms with Crippen LogP contribution in [0, 0.1) is 6.92 Å². The number of hydrogen-bond acceptors (Lipinski definition) is 5. The maximum atomic E-state index is 12.8. The number of fused-ring (bicyclic) bond motifs is 1. The van der Waals surface area contributed by atoms with Crippen molar-refractivity contribution in [1.29, 1.82) is 0 Å². The molecule has 1 N–H and O–H groups in total. The van der Waals surface area contributed by atoms with Crippen molar-refractivity contribution in [2.75, 3.05) is 26.5 Å². The molecule has 2 aromatic carbocycles. The Morgan fingerprint density at radius 3 is 2.44 bits per heavy atom. The van der Waals surface area contributed by atoms with Crippen LogP contribution in [-0.4, -0.2) is 41.0 Å². The highest BCUT2D eigenvalue weighted by Gasteiger charge is 2.30. The molecule has 5 nitrogen and oxygen atoms in total. The Hall–Kier alpha value is -1.89. The van der Waals surface area contributed by atoms with Crippen molar-refractivity contribution < 1.29 is 18.9 Å². The van der Waals surface area contributed by atoms with Gasteiger partial charge >= 0.3 is 0 Å². The second kappa shape index (κ2) is 7.56. The first-order chi connectivity index (χ1) is 12.0. The number of ether oxygens (including phenoxy) is 2. The predicted octanol–water partition coefficient (Wildman–Crippen LogP) is 3.11. The Labute approximate surface area is 150 Å². The van der Waals surface area contributed by atoms with Crippen molar-refractivity contribution in [1.82, 2.24) is 5.06 Å². The SMILES string of the molecule is COc1cc2c(cc1OC)[C@@H](C[S@@](=O)c1ccc(C)cc1)N(O)CC2. The van der Waals surface area contributed by atoms with Crippen molar-refractivity contribution >= 4 is 10.8 Å². The maximum Gasteiger partial charge on any atom is 0.161 e. The Kier molecular flexibility index (Phi) is 5.42. The Bertz CT molecular complexity index is 776. The molecule has 0 aromatic heterocycles. The third kappa shape index (κ3) is 3.71. The molecule has 2 aromatic rings. The summed E-state index contributed by atoms with van der Waals surface area (Å²) < 4.78 is 23.5. The van der Waals surface area contributed by atoms with E-state index in [-0.39, 0.29) is 6.04 Å². The number of hydrogen-bond donors (Lipinski definition) is 1. The van der Waals surface area contributed by atoms with Gasteiger partial charge < -0.3 is 14.7 Å². The maximum absolute atomic E-state index is 12.8. The predicted molar refractivity (Wildman–Crippen MR) is 96.9 cm³/mol. The number of methoxy groups -OCH3 is 2. The topological polar surface area (TPSA) is 59.0 Å².